The molecule has 2 aromatic carbocycles. The van der Waals surface area contributed by atoms with Crippen LogP contribution in [0.4, 0.5) is 9.52 Å². The molecule has 8 heteroatoms. The zero-order valence-electron chi connectivity index (χ0n) is 15.4. The summed E-state index contributed by atoms with van der Waals surface area (Å²) in [5.41, 5.74) is 1.59. The van der Waals surface area contributed by atoms with Crippen LogP contribution >= 0.6 is 11.3 Å². The van der Waals surface area contributed by atoms with Crippen molar-refractivity contribution in [1.29, 1.82) is 0 Å². The zero-order valence-corrected chi connectivity index (χ0v) is 16.2. The summed E-state index contributed by atoms with van der Waals surface area (Å²) < 4.78 is 20.1. The van der Waals surface area contributed by atoms with Gasteiger partial charge in [-0.3, -0.25) is 4.79 Å². The molecule has 6 nitrogen and oxygen atoms in total. The molecule has 0 aliphatic carbocycles. The third-order valence-corrected chi connectivity index (χ3v) is 6.06. The van der Waals surface area contributed by atoms with Crippen LogP contribution in [0.15, 0.2) is 59.1 Å². The molecule has 0 spiro atoms. The van der Waals surface area contributed by atoms with Crippen LogP contribution < -0.4 is 4.90 Å². The van der Waals surface area contributed by atoms with Crippen LogP contribution in [0.5, 0.6) is 0 Å². The second-order valence-corrected chi connectivity index (χ2v) is 7.81. The van der Waals surface area contributed by atoms with Gasteiger partial charge in [-0.05, 0) is 12.1 Å². The molecule has 1 aliphatic rings. The minimum absolute atomic E-state index is 0.147. The molecule has 2 aromatic heterocycles. The van der Waals surface area contributed by atoms with E-state index in [0.717, 1.165) is 15.4 Å². The van der Waals surface area contributed by atoms with Crippen molar-refractivity contribution in [2.45, 2.75) is 0 Å². The summed E-state index contributed by atoms with van der Waals surface area (Å²) in [6.07, 6.45) is 0. The molecule has 0 atom stereocenters. The van der Waals surface area contributed by atoms with Gasteiger partial charge < -0.3 is 14.3 Å². The van der Waals surface area contributed by atoms with Gasteiger partial charge in [-0.25, -0.2) is 9.37 Å². The molecule has 0 radical (unpaired) electrons. The first kappa shape index (κ1) is 17.8. The Morgan fingerprint density at radius 3 is 2.59 bits per heavy atom. The topological polar surface area (TPSA) is 62.5 Å². The lowest BCUT2D eigenvalue weighted by Crippen LogP contribution is -2.48. The Morgan fingerprint density at radius 1 is 1.03 bits per heavy atom. The zero-order chi connectivity index (χ0) is 19.8. The smallest absolute Gasteiger partial charge is 0.276 e. The van der Waals surface area contributed by atoms with E-state index in [1.807, 2.05) is 36.4 Å². The van der Waals surface area contributed by atoms with Crippen molar-refractivity contribution < 1.29 is 13.7 Å². The summed E-state index contributed by atoms with van der Waals surface area (Å²) in [6.45, 7) is 2.36. The Bertz CT molecular complexity index is 1170. The fraction of sp³-hybridized carbons (Fsp3) is 0.190. The van der Waals surface area contributed by atoms with Crippen molar-refractivity contribution in [3.05, 3.63) is 66.1 Å². The van der Waals surface area contributed by atoms with Crippen molar-refractivity contribution in [2.24, 2.45) is 0 Å². The number of carbonyl (C=O) groups is 1. The van der Waals surface area contributed by atoms with Crippen LogP contribution in [0.3, 0.4) is 0 Å². The van der Waals surface area contributed by atoms with Gasteiger partial charge in [0.2, 0.25) is 0 Å². The summed E-state index contributed by atoms with van der Waals surface area (Å²) in [7, 11) is 0. The molecule has 1 fully saturated rings. The lowest BCUT2D eigenvalue weighted by Gasteiger charge is -2.34. The normalized spacial score (nSPS) is 14.5. The maximum atomic E-state index is 13.9. The minimum atomic E-state index is -0.306. The fourth-order valence-corrected chi connectivity index (χ4v) is 4.45. The highest BCUT2D eigenvalue weighted by Gasteiger charge is 2.26. The molecular formula is C21H17FN4O2S. The van der Waals surface area contributed by atoms with E-state index in [1.54, 1.807) is 17.0 Å². The van der Waals surface area contributed by atoms with E-state index in [4.69, 9.17) is 4.52 Å². The average Bonchev–Trinajstić information content (AvgIpc) is 3.42. The average molecular weight is 408 g/mol. The van der Waals surface area contributed by atoms with Gasteiger partial charge >= 0.3 is 0 Å². The number of fused-ring (bicyclic) bond motifs is 1. The van der Waals surface area contributed by atoms with Crippen molar-refractivity contribution in [1.82, 2.24) is 15.0 Å². The molecule has 0 saturated carbocycles. The van der Waals surface area contributed by atoms with E-state index in [9.17, 15) is 9.18 Å². The van der Waals surface area contributed by atoms with Gasteiger partial charge in [0.05, 0.1) is 4.70 Å². The summed E-state index contributed by atoms with van der Waals surface area (Å²) in [6, 6.07) is 16.2. The molecule has 29 heavy (non-hydrogen) atoms. The first-order valence-corrected chi connectivity index (χ1v) is 10.1. The van der Waals surface area contributed by atoms with Crippen molar-refractivity contribution >= 4 is 32.6 Å². The van der Waals surface area contributed by atoms with Crippen molar-refractivity contribution in [3.63, 3.8) is 0 Å². The van der Waals surface area contributed by atoms with E-state index < -0.39 is 0 Å². The van der Waals surface area contributed by atoms with E-state index in [2.05, 4.69) is 15.0 Å². The second-order valence-electron chi connectivity index (χ2n) is 6.80. The lowest BCUT2D eigenvalue weighted by molar-refractivity contribution is 0.0736. The van der Waals surface area contributed by atoms with Crippen LogP contribution in [-0.4, -0.2) is 47.1 Å². The number of para-hydroxylation sites is 1. The summed E-state index contributed by atoms with van der Waals surface area (Å²) in [4.78, 5) is 21.1. The van der Waals surface area contributed by atoms with E-state index in [1.165, 1.54) is 17.4 Å². The predicted octanol–water partition coefficient (Wildman–Crippen LogP) is 4.05. The van der Waals surface area contributed by atoms with Crippen LogP contribution in [-0.2, 0) is 0 Å². The number of aromatic nitrogens is 2. The van der Waals surface area contributed by atoms with Crippen molar-refractivity contribution in [3.8, 4) is 11.3 Å². The number of hydrogen-bond acceptors (Lipinski definition) is 6. The van der Waals surface area contributed by atoms with Crippen LogP contribution in [0.25, 0.3) is 21.5 Å². The highest BCUT2D eigenvalue weighted by molar-refractivity contribution is 7.22. The molecule has 0 N–H and O–H groups in total. The fourth-order valence-electron chi connectivity index (χ4n) is 3.42. The van der Waals surface area contributed by atoms with E-state index >= 15 is 0 Å². The highest BCUT2D eigenvalue weighted by atomic mass is 32.1. The Kier molecular flexibility index (Phi) is 4.48. The first-order valence-electron chi connectivity index (χ1n) is 9.30. The summed E-state index contributed by atoms with van der Waals surface area (Å²) >= 11 is 1.47. The van der Waals surface area contributed by atoms with Crippen LogP contribution in [0, 0.1) is 5.82 Å². The van der Waals surface area contributed by atoms with Crippen LogP contribution in [0.2, 0.25) is 0 Å². The van der Waals surface area contributed by atoms with Gasteiger partial charge in [-0.15, -0.1) is 0 Å². The number of benzene rings is 2. The molecule has 1 aliphatic heterocycles. The largest absolute Gasteiger partial charge is 0.355 e. The van der Waals surface area contributed by atoms with E-state index in [-0.39, 0.29) is 11.7 Å². The number of halogens is 1. The number of rotatable bonds is 3. The maximum Gasteiger partial charge on any atom is 0.276 e. The van der Waals surface area contributed by atoms with Gasteiger partial charge in [0, 0.05) is 37.8 Å². The number of hydrogen-bond donors (Lipinski definition) is 0. The molecule has 0 bridgehead atoms. The third-order valence-electron chi connectivity index (χ3n) is 4.98. The Labute approximate surface area is 170 Å². The lowest BCUT2D eigenvalue weighted by atomic mass is 10.1. The third kappa shape index (κ3) is 3.36. The van der Waals surface area contributed by atoms with Crippen molar-refractivity contribution in [2.75, 3.05) is 31.1 Å². The second kappa shape index (κ2) is 7.29. The minimum Gasteiger partial charge on any atom is -0.355 e. The molecular weight excluding hydrogens is 391 g/mol. The Balaban J connectivity index is 1.27. The molecule has 1 saturated heterocycles. The SMILES string of the molecule is O=C(c1cc(-c2ccccc2)on1)N1CCN(c2nc3c(F)cccc3s2)CC1. The Morgan fingerprint density at radius 2 is 1.83 bits per heavy atom. The van der Waals surface area contributed by atoms with Gasteiger partial charge in [-0.1, -0.05) is 52.9 Å². The van der Waals surface area contributed by atoms with Gasteiger partial charge in [0.1, 0.15) is 11.3 Å². The molecule has 5 rings (SSSR count). The van der Waals surface area contributed by atoms with Crippen LogP contribution in [0.1, 0.15) is 10.5 Å². The molecule has 146 valence electrons. The number of nitrogens with zero attached hydrogens (tertiary/aromatic N) is 4. The van der Waals surface area contributed by atoms with E-state index in [0.29, 0.717) is 43.1 Å². The van der Waals surface area contributed by atoms with Gasteiger partial charge in [0.15, 0.2) is 16.6 Å². The number of carbonyl (C=O) groups excluding carboxylic acids is 1. The molecule has 1 amide bonds. The number of amides is 1. The summed E-state index contributed by atoms with van der Waals surface area (Å²) in [5, 5.41) is 4.73. The first-order chi connectivity index (χ1) is 14.2. The summed E-state index contributed by atoms with van der Waals surface area (Å²) in [5.74, 6) is 0.120. The molecule has 3 heterocycles. The monoisotopic (exact) mass is 408 g/mol. The molecule has 0 unspecified atom stereocenters. The number of piperazine rings is 1. The highest BCUT2D eigenvalue weighted by Crippen LogP contribution is 2.31. The maximum absolute atomic E-state index is 13.9. The van der Waals surface area contributed by atoms with Gasteiger partial charge in [0.25, 0.3) is 5.91 Å². The van der Waals surface area contributed by atoms with Gasteiger partial charge in [-0.2, -0.15) is 0 Å². The Hall–Kier alpha value is -3.26. The number of thiazole rings is 1. The standard InChI is InChI=1S/C21H17FN4O2S/c22-15-7-4-8-18-19(15)23-21(29-18)26-11-9-25(10-12-26)20(27)16-13-17(28-24-16)14-5-2-1-3-6-14/h1-8,13H,9-12H2. The molecule has 4 aromatic rings. The predicted molar refractivity (Wildman–Crippen MR) is 110 cm³/mol. The quantitative estimate of drug-likeness (QED) is 0.512. The number of anilines is 1.